The number of aliphatic hydroxyl groups is 1. The van der Waals surface area contributed by atoms with E-state index >= 15 is 0 Å². The second-order valence-electron chi connectivity index (χ2n) is 3.78. The van der Waals surface area contributed by atoms with E-state index in [0.717, 1.165) is 18.4 Å². The zero-order valence-corrected chi connectivity index (χ0v) is 9.06. The third-order valence-corrected chi connectivity index (χ3v) is 2.52. The Morgan fingerprint density at radius 1 is 1.33 bits per heavy atom. The monoisotopic (exact) mass is 203 g/mol. The van der Waals surface area contributed by atoms with Crippen LogP contribution in [0.15, 0.2) is 30.3 Å². The Labute approximate surface area is 91.2 Å². The highest BCUT2D eigenvalue weighted by atomic mass is 16.3. The highest BCUT2D eigenvalue weighted by Crippen LogP contribution is 2.14. The molecule has 0 aliphatic carbocycles. The average Bonchev–Trinajstić information content (AvgIpc) is 2.27. The molecule has 1 aromatic carbocycles. The second kappa shape index (κ2) is 6.21. The van der Waals surface area contributed by atoms with Crippen LogP contribution in [0.5, 0.6) is 0 Å². The second-order valence-corrected chi connectivity index (χ2v) is 3.78. The Hall–Kier alpha value is -1.33. The number of nitriles is 1. The lowest BCUT2D eigenvalue weighted by Gasteiger charge is -2.15. The predicted molar refractivity (Wildman–Crippen MR) is 60.2 cm³/mol. The first-order valence-corrected chi connectivity index (χ1v) is 5.39. The average molecular weight is 203 g/mol. The van der Waals surface area contributed by atoms with Crippen molar-refractivity contribution in [3.8, 4) is 6.07 Å². The van der Waals surface area contributed by atoms with E-state index in [9.17, 15) is 5.11 Å². The Morgan fingerprint density at radius 2 is 2.00 bits per heavy atom. The molecule has 2 atom stereocenters. The van der Waals surface area contributed by atoms with Gasteiger partial charge in [-0.3, -0.25) is 0 Å². The smallest absolute Gasteiger partial charge is 0.0738 e. The molecular formula is C13H17NO. The van der Waals surface area contributed by atoms with Crippen molar-refractivity contribution in [1.29, 1.82) is 5.26 Å². The summed E-state index contributed by atoms with van der Waals surface area (Å²) in [5, 5.41) is 18.8. The Morgan fingerprint density at radius 3 is 2.53 bits per heavy atom. The van der Waals surface area contributed by atoms with Crippen LogP contribution in [0.25, 0.3) is 0 Å². The van der Waals surface area contributed by atoms with Crippen LogP contribution in [-0.2, 0) is 6.42 Å². The van der Waals surface area contributed by atoms with Crippen LogP contribution in [0.1, 0.15) is 25.3 Å². The molecule has 0 bridgehead atoms. The van der Waals surface area contributed by atoms with E-state index in [1.165, 1.54) is 0 Å². The van der Waals surface area contributed by atoms with Crippen molar-refractivity contribution < 1.29 is 5.11 Å². The van der Waals surface area contributed by atoms with Gasteiger partial charge in [-0.2, -0.15) is 5.26 Å². The molecule has 0 spiro atoms. The van der Waals surface area contributed by atoms with Gasteiger partial charge >= 0.3 is 0 Å². The highest BCUT2D eigenvalue weighted by Gasteiger charge is 2.17. The number of hydrogen-bond donors (Lipinski definition) is 1. The van der Waals surface area contributed by atoms with Crippen molar-refractivity contribution in [2.24, 2.45) is 5.92 Å². The van der Waals surface area contributed by atoms with Crippen LogP contribution in [0.3, 0.4) is 0 Å². The van der Waals surface area contributed by atoms with Crippen molar-refractivity contribution in [2.45, 2.75) is 32.3 Å². The van der Waals surface area contributed by atoms with Gasteiger partial charge in [0.2, 0.25) is 0 Å². The van der Waals surface area contributed by atoms with Crippen LogP contribution in [-0.4, -0.2) is 11.2 Å². The minimum absolute atomic E-state index is 0.241. The van der Waals surface area contributed by atoms with E-state index in [4.69, 9.17) is 5.26 Å². The summed E-state index contributed by atoms with van der Waals surface area (Å²) in [4.78, 5) is 0. The molecule has 2 heteroatoms. The normalized spacial score (nSPS) is 14.2. The number of aliphatic hydroxyl groups excluding tert-OH is 1. The fourth-order valence-electron chi connectivity index (χ4n) is 1.65. The molecule has 0 saturated carbocycles. The molecule has 80 valence electrons. The van der Waals surface area contributed by atoms with Crippen molar-refractivity contribution >= 4 is 0 Å². The molecule has 0 aliphatic rings. The first-order valence-electron chi connectivity index (χ1n) is 5.39. The molecule has 15 heavy (non-hydrogen) atoms. The first-order chi connectivity index (χ1) is 7.27. The Balaban J connectivity index is 2.55. The summed E-state index contributed by atoms with van der Waals surface area (Å²) in [6.45, 7) is 2.03. The van der Waals surface area contributed by atoms with E-state index < -0.39 is 6.10 Å². The van der Waals surface area contributed by atoms with Gasteiger partial charge in [-0.1, -0.05) is 43.7 Å². The Bertz CT molecular complexity index is 315. The van der Waals surface area contributed by atoms with Crippen molar-refractivity contribution in [1.82, 2.24) is 0 Å². The minimum atomic E-state index is -0.544. The van der Waals surface area contributed by atoms with Gasteiger partial charge in [-0.25, -0.2) is 0 Å². The molecule has 0 fully saturated rings. The van der Waals surface area contributed by atoms with Gasteiger partial charge in [0.15, 0.2) is 0 Å². The third kappa shape index (κ3) is 3.73. The zero-order valence-electron chi connectivity index (χ0n) is 9.06. The summed E-state index contributed by atoms with van der Waals surface area (Å²) in [5.41, 5.74) is 1.08. The summed E-state index contributed by atoms with van der Waals surface area (Å²) in [5.74, 6) is -0.241. The quantitative estimate of drug-likeness (QED) is 0.799. The van der Waals surface area contributed by atoms with Gasteiger partial charge in [0.1, 0.15) is 0 Å². The molecular weight excluding hydrogens is 186 g/mol. The molecule has 1 aromatic rings. The van der Waals surface area contributed by atoms with E-state index in [0.29, 0.717) is 6.42 Å². The lowest BCUT2D eigenvalue weighted by atomic mass is 9.94. The van der Waals surface area contributed by atoms with E-state index in [-0.39, 0.29) is 5.92 Å². The maximum absolute atomic E-state index is 9.87. The molecule has 0 aliphatic heterocycles. The summed E-state index contributed by atoms with van der Waals surface area (Å²) >= 11 is 0. The van der Waals surface area contributed by atoms with Crippen LogP contribution < -0.4 is 0 Å². The molecule has 1 rings (SSSR count). The fraction of sp³-hybridized carbons (Fsp3) is 0.462. The molecule has 0 heterocycles. The van der Waals surface area contributed by atoms with Crippen molar-refractivity contribution in [3.05, 3.63) is 35.9 Å². The van der Waals surface area contributed by atoms with Crippen LogP contribution in [0.2, 0.25) is 0 Å². The van der Waals surface area contributed by atoms with Crippen LogP contribution in [0.4, 0.5) is 0 Å². The van der Waals surface area contributed by atoms with Gasteiger partial charge in [-0.15, -0.1) is 0 Å². The summed E-state index contributed by atoms with van der Waals surface area (Å²) < 4.78 is 0. The maximum Gasteiger partial charge on any atom is 0.0738 e. The number of rotatable bonds is 5. The first kappa shape index (κ1) is 11.7. The van der Waals surface area contributed by atoms with Gasteiger partial charge in [0.05, 0.1) is 18.1 Å². The van der Waals surface area contributed by atoms with E-state index in [1.54, 1.807) is 0 Å². The topological polar surface area (TPSA) is 44.0 Å². The maximum atomic E-state index is 9.87. The molecule has 0 amide bonds. The Kier molecular flexibility index (Phi) is 4.86. The summed E-state index contributed by atoms with van der Waals surface area (Å²) in [7, 11) is 0. The van der Waals surface area contributed by atoms with Crippen LogP contribution >= 0.6 is 0 Å². The molecule has 2 unspecified atom stereocenters. The molecule has 0 radical (unpaired) electrons. The van der Waals surface area contributed by atoms with E-state index in [2.05, 4.69) is 6.07 Å². The van der Waals surface area contributed by atoms with E-state index in [1.807, 2.05) is 37.3 Å². The van der Waals surface area contributed by atoms with Gasteiger partial charge < -0.3 is 5.11 Å². The predicted octanol–water partition coefficient (Wildman–Crippen LogP) is 2.53. The highest BCUT2D eigenvalue weighted by molar-refractivity contribution is 5.16. The molecule has 2 nitrogen and oxygen atoms in total. The summed E-state index contributed by atoms with van der Waals surface area (Å²) in [6, 6.07) is 12.0. The number of hydrogen-bond acceptors (Lipinski definition) is 2. The lowest BCUT2D eigenvalue weighted by Crippen LogP contribution is -2.21. The number of nitrogens with zero attached hydrogens (tertiary/aromatic N) is 1. The minimum Gasteiger partial charge on any atom is -0.391 e. The molecule has 0 saturated heterocycles. The molecule has 1 N–H and O–H groups in total. The van der Waals surface area contributed by atoms with Gasteiger partial charge in [-0.05, 0) is 18.4 Å². The van der Waals surface area contributed by atoms with Gasteiger partial charge in [0.25, 0.3) is 0 Å². The lowest BCUT2D eigenvalue weighted by molar-refractivity contribution is 0.128. The van der Waals surface area contributed by atoms with Crippen molar-refractivity contribution in [3.63, 3.8) is 0 Å². The standard InChI is InChI=1S/C13H17NO/c1-2-6-12(10-14)13(15)9-11-7-4-3-5-8-11/h3-5,7-8,12-13,15H,2,6,9H2,1H3. The summed E-state index contributed by atoms with van der Waals surface area (Å²) in [6.07, 6.45) is 1.73. The van der Waals surface area contributed by atoms with Crippen molar-refractivity contribution in [2.75, 3.05) is 0 Å². The SMILES string of the molecule is CCCC(C#N)C(O)Cc1ccccc1. The molecule has 0 aromatic heterocycles. The third-order valence-electron chi connectivity index (χ3n) is 2.52. The van der Waals surface area contributed by atoms with Crippen LogP contribution in [0, 0.1) is 17.2 Å². The largest absolute Gasteiger partial charge is 0.391 e. The number of benzene rings is 1. The van der Waals surface area contributed by atoms with Gasteiger partial charge in [0, 0.05) is 0 Å². The zero-order chi connectivity index (χ0) is 11.1. The fourth-order valence-corrected chi connectivity index (χ4v) is 1.65.